The molecule has 0 spiro atoms. The lowest BCUT2D eigenvalue weighted by Crippen LogP contribution is -2.57. The SMILES string of the molecule is CC[C@H](C)[C@@H](C(=O)N1CCN(Cc2ccc(Br)cc2)CC1)N1C(=O)c2ccccc2C1=O. The maximum absolute atomic E-state index is 13.6. The van der Waals surface area contributed by atoms with Crippen LogP contribution in [0.3, 0.4) is 0 Å². The summed E-state index contributed by atoms with van der Waals surface area (Å²) >= 11 is 3.46. The summed E-state index contributed by atoms with van der Waals surface area (Å²) in [6.45, 7) is 7.46. The fraction of sp³-hybridized carbons (Fsp3) is 0.400. The van der Waals surface area contributed by atoms with Gasteiger partial charge in [0.15, 0.2) is 0 Å². The smallest absolute Gasteiger partial charge is 0.262 e. The first-order valence-electron chi connectivity index (χ1n) is 11.1. The van der Waals surface area contributed by atoms with Gasteiger partial charge in [-0.2, -0.15) is 0 Å². The molecular formula is C25H28BrN3O3. The molecule has 0 bridgehead atoms. The van der Waals surface area contributed by atoms with Gasteiger partial charge in [-0.1, -0.05) is 60.5 Å². The highest BCUT2D eigenvalue weighted by atomic mass is 79.9. The molecule has 0 unspecified atom stereocenters. The maximum Gasteiger partial charge on any atom is 0.262 e. The number of carbonyl (C=O) groups excluding carboxylic acids is 3. The first kappa shape index (κ1) is 22.7. The average Bonchev–Trinajstić information content (AvgIpc) is 3.06. The Morgan fingerprint density at radius 1 is 0.938 bits per heavy atom. The molecular weight excluding hydrogens is 470 g/mol. The van der Waals surface area contributed by atoms with Crippen LogP contribution in [0.2, 0.25) is 0 Å². The normalized spacial score (nSPS) is 18.6. The van der Waals surface area contributed by atoms with E-state index in [0.717, 1.165) is 24.1 Å². The van der Waals surface area contributed by atoms with Gasteiger partial charge in [0.25, 0.3) is 11.8 Å². The molecule has 0 saturated carbocycles. The summed E-state index contributed by atoms with van der Waals surface area (Å²) < 4.78 is 1.06. The Balaban J connectivity index is 1.46. The van der Waals surface area contributed by atoms with E-state index in [2.05, 4.69) is 33.0 Å². The zero-order chi connectivity index (χ0) is 22.8. The predicted molar refractivity (Wildman–Crippen MR) is 126 cm³/mol. The molecule has 1 fully saturated rings. The quantitative estimate of drug-likeness (QED) is 0.569. The molecule has 32 heavy (non-hydrogen) atoms. The summed E-state index contributed by atoms with van der Waals surface area (Å²) in [7, 11) is 0. The third-order valence-corrected chi connectivity index (χ3v) is 7.07. The molecule has 2 aliphatic rings. The second kappa shape index (κ2) is 9.55. The summed E-state index contributed by atoms with van der Waals surface area (Å²) in [5.74, 6) is -0.973. The summed E-state index contributed by atoms with van der Waals surface area (Å²) in [6.07, 6.45) is 0.702. The third kappa shape index (κ3) is 4.36. The number of carbonyl (C=O) groups is 3. The molecule has 0 aliphatic carbocycles. The van der Waals surface area contributed by atoms with Gasteiger partial charge in [-0.05, 0) is 35.7 Å². The van der Waals surface area contributed by atoms with Crippen molar-refractivity contribution in [3.05, 3.63) is 69.7 Å². The molecule has 2 aromatic carbocycles. The van der Waals surface area contributed by atoms with Crippen LogP contribution in [0.5, 0.6) is 0 Å². The molecule has 2 atom stereocenters. The monoisotopic (exact) mass is 497 g/mol. The molecule has 168 valence electrons. The lowest BCUT2D eigenvalue weighted by Gasteiger charge is -2.39. The van der Waals surface area contributed by atoms with Crippen LogP contribution >= 0.6 is 15.9 Å². The van der Waals surface area contributed by atoms with Crippen LogP contribution in [0.15, 0.2) is 53.0 Å². The van der Waals surface area contributed by atoms with Crippen molar-refractivity contribution >= 4 is 33.7 Å². The molecule has 2 heterocycles. The lowest BCUT2D eigenvalue weighted by molar-refractivity contribution is -0.139. The summed E-state index contributed by atoms with van der Waals surface area (Å²) in [5.41, 5.74) is 2.01. The topological polar surface area (TPSA) is 60.9 Å². The van der Waals surface area contributed by atoms with E-state index in [4.69, 9.17) is 0 Å². The maximum atomic E-state index is 13.6. The standard InChI is InChI=1S/C25H28BrN3O3/c1-3-17(2)22(29-23(30)20-6-4-5-7-21(20)24(29)31)25(32)28-14-12-27(13-15-28)16-18-8-10-19(26)11-9-18/h4-11,17,22H,3,12-16H2,1-2H3/t17-,22-/m0/s1. The zero-order valence-corrected chi connectivity index (χ0v) is 20.0. The molecule has 0 aromatic heterocycles. The van der Waals surface area contributed by atoms with Crippen molar-refractivity contribution in [2.75, 3.05) is 26.2 Å². The van der Waals surface area contributed by atoms with Gasteiger partial charge >= 0.3 is 0 Å². The number of rotatable bonds is 6. The van der Waals surface area contributed by atoms with Crippen LogP contribution in [-0.2, 0) is 11.3 Å². The molecule has 0 radical (unpaired) electrons. The van der Waals surface area contributed by atoms with E-state index in [1.165, 1.54) is 10.5 Å². The van der Waals surface area contributed by atoms with Crippen LogP contribution in [0.25, 0.3) is 0 Å². The van der Waals surface area contributed by atoms with Crippen molar-refractivity contribution in [1.29, 1.82) is 0 Å². The van der Waals surface area contributed by atoms with E-state index < -0.39 is 6.04 Å². The van der Waals surface area contributed by atoms with Crippen LogP contribution in [0, 0.1) is 5.92 Å². The molecule has 3 amide bonds. The van der Waals surface area contributed by atoms with Gasteiger partial charge in [-0.25, -0.2) is 0 Å². The number of hydrogen-bond acceptors (Lipinski definition) is 4. The van der Waals surface area contributed by atoms with Crippen molar-refractivity contribution in [2.45, 2.75) is 32.9 Å². The first-order valence-corrected chi connectivity index (χ1v) is 11.9. The van der Waals surface area contributed by atoms with Crippen molar-refractivity contribution < 1.29 is 14.4 Å². The zero-order valence-electron chi connectivity index (χ0n) is 18.5. The minimum Gasteiger partial charge on any atom is -0.338 e. The number of hydrogen-bond donors (Lipinski definition) is 0. The third-order valence-electron chi connectivity index (χ3n) is 6.54. The van der Waals surface area contributed by atoms with Crippen LogP contribution < -0.4 is 0 Å². The second-order valence-electron chi connectivity index (χ2n) is 8.58. The molecule has 1 saturated heterocycles. The lowest BCUT2D eigenvalue weighted by atomic mass is 9.95. The van der Waals surface area contributed by atoms with E-state index in [1.54, 1.807) is 24.3 Å². The van der Waals surface area contributed by atoms with Crippen molar-refractivity contribution in [1.82, 2.24) is 14.7 Å². The van der Waals surface area contributed by atoms with Crippen molar-refractivity contribution in [2.24, 2.45) is 5.92 Å². The van der Waals surface area contributed by atoms with Crippen LogP contribution in [-0.4, -0.2) is 64.6 Å². The number of imide groups is 1. The predicted octanol–water partition coefficient (Wildman–Crippen LogP) is 3.80. The highest BCUT2D eigenvalue weighted by Gasteiger charge is 2.45. The van der Waals surface area contributed by atoms with Crippen molar-refractivity contribution in [3.63, 3.8) is 0 Å². The Morgan fingerprint density at radius 2 is 1.50 bits per heavy atom. The Bertz CT molecular complexity index is 980. The molecule has 2 aromatic rings. The molecule has 2 aliphatic heterocycles. The van der Waals surface area contributed by atoms with Gasteiger partial charge in [0.05, 0.1) is 11.1 Å². The Hall–Kier alpha value is -2.51. The Labute approximate surface area is 197 Å². The molecule has 7 heteroatoms. The molecule has 4 rings (SSSR count). The van der Waals surface area contributed by atoms with Gasteiger partial charge < -0.3 is 4.90 Å². The van der Waals surface area contributed by atoms with E-state index in [-0.39, 0.29) is 23.6 Å². The number of nitrogens with zero attached hydrogens (tertiary/aromatic N) is 3. The average molecular weight is 498 g/mol. The van der Waals surface area contributed by atoms with Gasteiger partial charge in [-0.15, -0.1) is 0 Å². The summed E-state index contributed by atoms with van der Waals surface area (Å²) in [6, 6.07) is 14.3. The number of amides is 3. The first-order chi connectivity index (χ1) is 15.4. The van der Waals surface area contributed by atoms with E-state index in [0.29, 0.717) is 30.6 Å². The number of halogens is 1. The van der Waals surface area contributed by atoms with E-state index >= 15 is 0 Å². The Kier molecular flexibility index (Phi) is 6.76. The van der Waals surface area contributed by atoms with Crippen LogP contribution in [0.4, 0.5) is 0 Å². The Morgan fingerprint density at radius 3 is 2.03 bits per heavy atom. The highest BCUT2D eigenvalue weighted by molar-refractivity contribution is 9.10. The van der Waals surface area contributed by atoms with Gasteiger partial charge in [0.1, 0.15) is 6.04 Å². The molecule has 6 nitrogen and oxygen atoms in total. The number of piperazine rings is 1. The fourth-order valence-electron chi connectivity index (χ4n) is 4.45. The minimum absolute atomic E-state index is 0.120. The number of fused-ring (bicyclic) bond motifs is 1. The fourth-order valence-corrected chi connectivity index (χ4v) is 4.72. The van der Waals surface area contributed by atoms with Crippen molar-refractivity contribution in [3.8, 4) is 0 Å². The molecule has 0 N–H and O–H groups in total. The summed E-state index contributed by atoms with van der Waals surface area (Å²) in [5, 5.41) is 0. The van der Waals surface area contributed by atoms with E-state index in [9.17, 15) is 14.4 Å². The van der Waals surface area contributed by atoms with Gasteiger partial charge in [-0.3, -0.25) is 24.2 Å². The number of benzene rings is 2. The van der Waals surface area contributed by atoms with Crippen LogP contribution in [0.1, 0.15) is 46.5 Å². The van der Waals surface area contributed by atoms with E-state index in [1.807, 2.05) is 30.9 Å². The summed E-state index contributed by atoms with van der Waals surface area (Å²) in [4.78, 5) is 45.1. The van der Waals surface area contributed by atoms with Gasteiger partial charge in [0.2, 0.25) is 5.91 Å². The largest absolute Gasteiger partial charge is 0.338 e. The minimum atomic E-state index is -0.773. The van der Waals surface area contributed by atoms with Gasteiger partial charge in [0, 0.05) is 37.2 Å². The second-order valence-corrected chi connectivity index (χ2v) is 9.50. The highest BCUT2D eigenvalue weighted by Crippen LogP contribution is 2.29.